The number of hydrogen-bond acceptors (Lipinski definition) is 5. The van der Waals surface area contributed by atoms with Crippen molar-refractivity contribution in [1.82, 2.24) is 15.2 Å². The Labute approximate surface area is 131 Å². The SMILES string of the molecule is CCc1nc(C2CN3CCCC3CO2)sc1CNC(C)C. The van der Waals surface area contributed by atoms with E-state index >= 15 is 0 Å². The lowest BCUT2D eigenvalue weighted by molar-refractivity contribution is -0.0502. The molecule has 1 aromatic heterocycles. The van der Waals surface area contributed by atoms with E-state index in [2.05, 4.69) is 31.0 Å². The highest BCUT2D eigenvalue weighted by Crippen LogP contribution is 2.33. The Kier molecular flexibility index (Phi) is 4.94. The van der Waals surface area contributed by atoms with Gasteiger partial charge in [0.25, 0.3) is 0 Å². The molecule has 2 aliphatic heterocycles. The molecule has 5 heteroatoms. The van der Waals surface area contributed by atoms with Gasteiger partial charge in [0.05, 0.1) is 12.3 Å². The summed E-state index contributed by atoms with van der Waals surface area (Å²) in [7, 11) is 0. The number of aromatic nitrogens is 1. The van der Waals surface area contributed by atoms with E-state index in [0.717, 1.165) is 26.1 Å². The Morgan fingerprint density at radius 2 is 2.33 bits per heavy atom. The molecule has 3 heterocycles. The van der Waals surface area contributed by atoms with Crippen LogP contribution in [0, 0.1) is 0 Å². The Hall–Kier alpha value is -0.490. The Bertz CT molecular complexity index is 474. The van der Waals surface area contributed by atoms with Crippen molar-refractivity contribution in [2.75, 3.05) is 19.7 Å². The van der Waals surface area contributed by atoms with Gasteiger partial charge in [0.2, 0.25) is 0 Å². The molecule has 21 heavy (non-hydrogen) atoms. The fraction of sp³-hybridized carbons (Fsp3) is 0.812. The predicted octanol–water partition coefficient (Wildman–Crippen LogP) is 2.74. The molecule has 1 aromatic rings. The van der Waals surface area contributed by atoms with Crippen molar-refractivity contribution < 1.29 is 4.74 Å². The third-order valence-corrected chi connectivity index (χ3v) is 5.65. The normalized spacial score (nSPS) is 26.5. The highest BCUT2D eigenvalue weighted by molar-refractivity contribution is 7.11. The first-order valence-electron chi connectivity index (χ1n) is 8.25. The quantitative estimate of drug-likeness (QED) is 0.907. The molecule has 2 aliphatic rings. The van der Waals surface area contributed by atoms with Crippen LogP contribution in [0.2, 0.25) is 0 Å². The van der Waals surface area contributed by atoms with E-state index in [4.69, 9.17) is 9.72 Å². The van der Waals surface area contributed by atoms with Crippen LogP contribution in [-0.2, 0) is 17.7 Å². The summed E-state index contributed by atoms with van der Waals surface area (Å²) in [5.41, 5.74) is 1.25. The zero-order valence-corrected chi connectivity index (χ0v) is 14.2. The van der Waals surface area contributed by atoms with Gasteiger partial charge in [-0.25, -0.2) is 4.98 Å². The number of rotatable bonds is 5. The van der Waals surface area contributed by atoms with Gasteiger partial charge in [0.15, 0.2) is 0 Å². The number of thiazole rings is 1. The van der Waals surface area contributed by atoms with E-state index in [1.165, 1.54) is 35.0 Å². The maximum Gasteiger partial charge on any atom is 0.123 e. The van der Waals surface area contributed by atoms with Gasteiger partial charge < -0.3 is 10.1 Å². The van der Waals surface area contributed by atoms with Gasteiger partial charge in [0, 0.05) is 30.1 Å². The van der Waals surface area contributed by atoms with Crippen LogP contribution in [0.3, 0.4) is 0 Å². The Balaban J connectivity index is 1.70. The van der Waals surface area contributed by atoms with Crippen molar-refractivity contribution in [2.24, 2.45) is 0 Å². The molecule has 4 nitrogen and oxygen atoms in total. The molecule has 1 N–H and O–H groups in total. The van der Waals surface area contributed by atoms with Crippen LogP contribution in [-0.4, -0.2) is 41.7 Å². The van der Waals surface area contributed by atoms with Crippen LogP contribution >= 0.6 is 11.3 Å². The maximum atomic E-state index is 6.10. The Morgan fingerprint density at radius 1 is 1.48 bits per heavy atom. The molecule has 2 saturated heterocycles. The van der Waals surface area contributed by atoms with Crippen LogP contribution in [0.4, 0.5) is 0 Å². The lowest BCUT2D eigenvalue weighted by Crippen LogP contribution is -2.42. The Morgan fingerprint density at radius 3 is 3.10 bits per heavy atom. The van der Waals surface area contributed by atoms with E-state index in [1.807, 2.05) is 11.3 Å². The summed E-state index contributed by atoms with van der Waals surface area (Å²) in [4.78, 5) is 8.84. The number of nitrogens with zero attached hydrogens (tertiary/aromatic N) is 2. The molecule has 0 aromatic carbocycles. The van der Waals surface area contributed by atoms with Crippen molar-refractivity contribution in [3.05, 3.63) is 15.6 Å². The van der Waals surface area contributed by atoms with Crippen molar-refractivity contribution >= 4 is 11.3 Å². The zero-order valence-electron chi connectivity index (χ0n) is 13.4. The van der Waals surface area contributed by atoms with Gasteiger partial charge in [0.1, 0.15) is 11.1 Å². The molecule has 0 spiro atoms. The molecule has 2 unspecified atom stereocenters. The standard InChI is InChI=1S/C16H27N3OS/c1-4-13-15(8-17-11(2)3)21-16(18-13)14-9-19-7-5-6-12(19)10-20-14/h11-12,14,17H,4-10H2,1-3H3. The van der Waals surface area contributed by atoms with Gasteiger partial charge in [-0.15, -0.1) is 11.3 Å². The summed E-state index contributed by atoms with van der Waals surface area (Å²) in [6.45, 7) is 10.6. The number of aryl methyl sites for hydroxylation is 1. The smallest absolute Gasteiger partial charge is 0.123 e. The van der Waals surface area contributed by atoms with Crippen molar-refractivity contribution in [3.8, 4) is 0 Å². The average molecular weight is 309 g/mol. The highest BCUT2D eigenvalue weighted by atomic mass is 32.1. The number of morpholine rings is 1. The second-order valence-corrected chi connectivity index (χ2v) is 7.54. The van der Waals surface area contributed by atoms with Crippen molar-refractivity contribution in [3.63, 3.8) is 0 Å². The third kappa shape index (κ3) is 3.47. The minimum Gasteiger partial charge on any atom is -0.368 e. The average Bonchev–Trinajstić information content (AvgIpc) is 3.10. The highest BCUT2D eigenvalue weighted by Gasteiger charge is 2.34. The van der Waals surface area contributed by atoms with E-state index < -0.39 is 0 Å². The van der Waals surface area contributed by atoms with E-state index in [-0.39, 0.29) is 6.10 Å². The third-order valence-electron chi connectivity index (χ3n) is 4.47. The molecule has 2 fully saturated rings. The molecule has 3 rings (SSSR count). The molecular formula is C16H27N3OS. The number of fused-ring (bicyclic) bond motifs is 1. The van der Waals surface area contributed by atoms with Crippen molar-refractivity contribution in [2.45, 2.75) is 64.8 Å². The first-order chi connectivity index (χ1) is 10.2. The van der Waals surface area contributed by atoms with Crippen molar-refractivity contribution in [1.29, 1.82) is 0 Å². The van der Waals surface area contributed by atoms with Gasteiger partial charge in [-0.05, 0) is 25.8 Å². The molecule has 118 valence electrons. The van der Waals surface area contributed by atoms with Crippen LogP contribution in [0.25, 0.3) is 0 Å². The minimum atomic E-state index is 0.183. The zero-order chi connectivity index (χ0) is 14.8. The van der Waals surface area contributed by atoms with Gasteiger partial charge >= 0.3 is 0 Å². The molecular weight excluding hydrogens is 282 g/mol. The molecule has 2 atom stereocenters. The number of nitrogens with one attached hydrogen (secondary N) is 1. The molecule has 0 bridgehead atoms. The van der Waals surface area contributed by atoms with Crippen LogP contribution in [0.1, 0.15) is 55.3 Å². The van der Waals surface area contributed by atoms with Gasteiger partial charge in [-0.2, -0.15) is 0 Å². The van der Waals surface area contributed by atoms with Gasteiger partial charge in [-0.3, -0.25) is 4.90 Å². The van der Waals surface area contributed by atoms with E-state index in [0.29, 0.717) is 12.1 Å². The molecule has 0 amide bonds. The molecule has 0 radical (unpaired) electrons. The summed E-state index contributed by atoms with van der Waals surface area (Å²) in [6.07, 6.45) is 3.81. The summed E-state index contributed by atoms with van der Waals surface area (Å²) >= 11 is 1.84. The first kappa shape index (κ1) is 15.4. The lowest BCUT2D eigenvalue weighted by atomic mass is 10.2. The monoisotopic (exact) mass is 309 g/mol. The molecule has 0 aliphatic carbocycles. The summed E-state index contributed by atoms with van der Waals surface area (Å²) in [5.74, 6) is 0. The van der Waals surface area contributed by atoms with Gasteiger partial charge in [-0.1, -0.05) is 20.8 Å². The largest absolute Gasteiger partial charge is 0.368 e. The fourth-order valence-electron chi connectivity index (χ4n) is 3.22. The maximum absolute atomic E-state index is 6.10. The molecule has 0 saturated carbocycles. The van der Waals surface area contributed by atoms with Crippen LogP contribution in [0.5, 0.6) is 0 Å². The summed E-state index contributed by atoms with van der Waals surface area (Å²) < 4.78 is 6.10. The topological polar surface area (TPSA) is 37.4 Å². The second-order valence-electron chi connectivity index (χ2n) is 6.42. The number of hydrogen-bond donors (Lipinski definition) is 1. The lowest BCUT2D eigenvalue weighted by Gasteiger charge is -2.34. The van der Waals surface area contributed by atoms with E-state index in [1.54, 1.807) is 0 Å². The summed E-state index contributed by atoms with van der Waals surface area (Å²) in [5, 5.41) is 4.69. The van der Waals surface area contributed by atoms with Crippen LogP contribution in [0.15, 0.2) is 0 Å². The van der Waals surface area contributed by atoms with Crippen LogP contribution < -0.4 is 5.32 Å². The number of ether oxygens (including phenoxy) is 1. The van der Waals surface area contributed by atoms with E-state index in [9.17, 15) is 0 Å². The second kappa shape index (κ2) is 6.73. The minimum absolute atomic E-state index is 0.183. The summed E-state index contributed by atoms with van der Waals surface area (Å²) in [6, 6.07) is 1.17. The predicted molar refractivity (Wildman–Crippen MR) is 86.8 cm³/mol. The first-order valence-corrected chi connectivity index (χ1v) is 9.06. The fourth-order valence-corrected chi connectivity index (χ4v) is 4.36.